The number of pyridine rings is 1. The van der Waals surface area contributed by atoms with E-state index in [2.05, 4.69) is 20.4 Å². The van der Waals surface area contributed by atoms with E-state index < -0.39 is 42.0 Å². The van der Waals surface area contributed by atoms with Crippen LogP contribution in [0.2, 0.25) is 0 Å². The molecule has 2 aromatic rings. The summed E-state index contributed by atoms with van der Waals surface area (Å²) in [4.78, 5) is 41.2. The molecule has 2 heterocycles. The summed E-state index contributed by atoms with van der Waals surface area (Å²) in [6.07, 6.45) is -2.05. The molecule has 0 aliphatic carbocycles. The van der Waals surface area contributed by atoms with Crippen molar-refractivity contribution in [1.82, 2.24) is 10.3 Å². The van der Waals surface area contributed by atoms with E-state index in [1.807, 2.05) is 0 Å². The van der Waals surface area contributed by atoms with Gasteiger partial charge in [0.1, 0.15) is 11.8 Å². The molecule has 1 aliphatic rings. The molecule has 1 saturated heterocycles. The highest BCUT2D eigenvalue weighted by Crippen LogP contribution is 2.32. The van der Waals surface area contributed by atoms with Crippen LogP contribution in [0.25, 0.3) is 0 Å². The third kappa shape index (κ3) is 4.42. The molecule has 30 heavy (non-hydrogen) atoms. The van der Waals surface area contributed by atoms with Crippen molar-refractivity contribution in [1.29, 1.82) is 0 Å². The van der Waals surface area contributed by atoms with E-state index in [0.717, 1.165) is 29.2 Å². The Morgan fingerprint density at radius 3 is 2.53 bits per heavy atom. The fourth-order valence-electron chi connectivity index (χ4n) is 3.10. The van der Waals surface area contributed by atoms with Gasteiger partial charge in [-0.3, -0.25) is 9.78 Å². The third-order valence-corrected chi connectivity index (χ3v) is 4.40. The van der Waals surface area contributed by atoms with Crippen molar-refractivity contribution in [2.24, 2.45) is 5.73 Å². The van der Waals surface area contributed by atoms with Gasteiger partial charge in [0.2, 0.25) is 0 Å². The molecule has 0 radical (unpaired) electrons. The van der Waals surface area contributed by atoms with Crippen molar-refractivity contribution >= 4 is 29.3 Å². The van der Waals surface area contributed by atoms with Crippen LogP contribution in [-0.2, 0) is 4.79 Å². The highest BCUT2D eigenvalue weighted by atomic mass is 19.4. The van der Waals surface area contributed by atoms with Gasteiger partial charge in [0.05, 0.1) is 17.6 Å². The van der Waals surface area contributed by atoms with Gasteiger partial charge in [-0.2, -0.15) is 0 Å². The molecule has 158 valence electrons. The fraction of sp³-hybridized carbons (Fsp3) is 0.222. The number of urea groups is 2. The van der Waals surface area contributed by atoms with Crippen LogP contribution in [0.4, 0.5) is 34.1 Å². The number of carbonyl (C=O) groups excluding carboxylic acids is 3. The highest BCUT2D eigenvalue weighted by molar-refractivity contribution is 6.21. The maximum absolute atomic E-state index is 12.9. The lowest BCUT2D eigenvalue weighted by Crippen LogP contribution is -2.35. The highest BCUT2D eigenvalue weighted by Gasteiger charge is 2.43. The van der Waals surface area contributed by atoms with E-state index >= 15 is 0 Å². The molecule has 1 aliphatic heterocycles. The van der Waals surface area contributed by atoms with Crippen molar-refractivity contribution in [3.8, 4) is 5.75 Å². The van der Waals surface area contributed by atoms with Crippen LogP contribution in [0.15, 0.2) is 42.7 Å². The van der Waals surface area contributed by atoms with Crippen molar-refractivity contribution in [3.05, 3.63) is 48.3 Å². The minimum absolute atomic E-state index is 0.0759. The first kappa shape index (κ1) is 20.9. The van der Waals surface area contributed by atoms with Crippen LogP contribution in [0, 0.1) is 0 Å². The number of hydrogen-bond donors (Lipinski definition) is 3. The number of benzene rings is 1. The fourth-order valence-corrected chi connectivity index (χ4v) is 3.10. The quantitative estimate of drug-likeness (QED) is 0.638. The smallest absolute Gasteiger partial charge is 0.406 e. The SMILES string of the molecule is CC(c1ccncc1NC(N)=O)C1NC(=O)N(c2ccc(OC(F)(F)F)cc2)C1=O. The third-order valence-electron chi connectivity index (χ3n) is 4.40. The van der Waals surface area contributed by atoms with Crippen LogP contribution in [0.3, 0.4) is 0 Å². The lowest BCUT2D eigenvalue weighted by Gasteiger charge is -2.20. The van der Waals surface area contributed by atoms with Crippen LogP contribution in [-0.4, -0.2) is 35.4 Å². The minimum atomic E-state index is -4.86. The van der Waals surface area contributed by atoms with Crippen molar-refractivity contribution in [2.75, 3.05) is 10.2 Å². The molecule has 2 atom stereocenters. The lowest BCUT2D eigenvalue weighted by molar-refractivity contribution is -0.274. The Balaban J connectivity index is 1.82. The number of nitrogens with zero attached hydrogens (tertiary/aromatic N) is 2. The summed E-state index contributed by atoms with van der Waals surface area (Å²) >= 11 is 0. The summed E-state index contributed by atoms with van der Waals surface area (Å²) in [7, 11) is 0. The normalized spacial score (nSPS) is 17.5. The molecular weight excluding hydrogens is 407 g/mol. The maximum Gasteiger partial charge on any atom is 0.573 e. The molecule has 1 fully saturated rings. The van der Waals surface area contributed by atoms with Gasteiger partial charge in [-0.25, -0.2) is 14.5 Å². The molecule has 5 amide bonds. The Morgan fingerprint density at radius 1 is 1.27 bits per heavy atom. The lowest BCUT2D eigenvalue weighted by atomic mass is 9.92. The first-order valence-corrected chi connectivity index (χ1v) is 8.57. The van der Waals surface area contributed by atoms with E-state index in [4.69, 9.17) is 5.73 Å². The van der Waals surface area contributed by atoms with Gasteiger partial charge >= 0.3 is 18.4 Å². The topological polar surface area (TPSA) is 127 Å². The number of nitrogens with two attached hydrogens (primary N) is 1. The maximum atomic E-state index is 12.9. The molecule has 1 aromatic heterocycles. The Kier molecular flexibility index (Phi) is 5.49. The molecule has 0 spiro atoms. The number of imide groups is 1. The number of anilines is 2. The molecule has 2 unspecified atom stereocenters. The van der Waals surface area contributed by atoms with Gasteiger partial charge in [-0.1, -0.05) is 6.92 Å². The first-order valence-electron chi connectivity index (χ1n) is 8.57. The molecule has 9 nitrogen and oxygen atoms in total. The Hall–Kier alpha value is -3.83. The van der Waals surface area contributed by atoms with Crippen molar-refractivity contribution < 1.29 is 32.3 Å². The van der Waals surface area contributed by atoms with Crippen molar-refractivity contribution in [3.63, 3.8) is 0 Å². The summed E-state index contributed by atoms with van der Waals surface area (Å²) in [6.45, 7) is 1.66. The van der Waals surface area contributed by atoms with Crippen LogP contribution in [0.5, 0.6) is 5.75 Å². The Bertz CT molecular complexity index is 981. The van der Waals surface area contributed by atoms with Gasteiger partial charge in [-0.15, -0.1) is 13.2 Å². The number of rotatable bonds is 5. The molecule has 1 aromatic carbocycles. The predicted octanol–water partition coefficient (Wildman–Crippen LogP) is 2.70. The van der Waals surface area contributed by atoms with E-state index in [-0.39, 0.29) is 11.4 Å². The number of nitrogens with one attached hydrogen (secondary N) is 2. The van der Waals surface area contributed by atoms with Crippen LogP contribution < -0.4 is 26.0 Å². The Labute approximate surface area is 168 Å². The van der Waals surface area contributed by atoms with E-state index in [0.29, 0.717) is 5.56 Å². The molecule has 0 bridgehead atoms. The summed E-state index contributed by atoms with van der Waals surface area (Å²) in [5.74, 6) is -1.68. The molecule has 4 N–H and O–H groups in total. The summed E-state index contributed by atoms with van der Waals surface area (Å²) < 4.78 is 40.7. The number of alkyl halides is 3. The zero-order chi connectivity index (χ0) is 22.1. The summed E-state index contributed by atoms with van der Waals surface area (Å²) in [5.41, 5.74) is 6.01. The van der Waals surface area contributed by atoms with Gasteiger partial charge in [0.15, 0.2) is 0 Å². The predicted molar refractivity (Wildman–Crippen MR) is 98.8 cm³/mol. The van der Waals surface area contributed by atoms with Crippen LogP contribution >= 0.6 is 0 Å². The Morgan fingerprint density at radius 2 is 1.93 bits per heavy atom. The first-order chi connectivity index (χ1) is 14.1. The average molecular weight is 423 g/mol. The van der Waals surface area contributed by atoms with Gasteiger partial charge in [-0.05, 0) is 35.9 Å². The minimum Gasteiger partial charge on any atom is -0.406 e. The number of primary amides is 1. The number of carbonyl (C=O) groups is 3. The molecule has 3 rings (SSSR count). The van der Waals surface area contributed by atoms with Gasteiger partial charge < -0.3 is 21.1 Å². The number of halogens is 3. The zero-order valence-corrected chi connectivity index (χ0v) is 15.4. The average Bonchev–Trinajstić information content (AvgIpc) is 2.95. The zero-order valence-electron chi connectivity index (χ0n) is 15.4. The number of aromatic nitrogens is 1. The second kappa shape index (κ2) is 7.89. The van der Waals surface area contributed by atoms with E-state index in [1.54, 1.807) is 13.0 Å². The second-order valence-corrected chi connectivity index (χ2v) is 6.38. The monoisotopic (exact) mass is 423 g/mol. The van der Waals surface area contributed by atoms with Crippen LogP contribution in [0.1, 0.15) is 18.4 Å². The number of ether oxygens (including phenoxy) is 1. The van der Waals surface area contributed by atoms with Gasteiger partial charge in [0, 0.05) is 12.1 Å². The largest absolute Gasteiger partial charge is 0.573 e. The van der Waals surface area contributed by atoms with Gasteiger partial charge in [0.25, 0.3) is 5.91 Å². The summed E-state index contributed by atoms with van der Waals surface area (Å²) in [6, 6.07) is 3.35. The molecule has 0 saturated carbocycles. The molecular formula is C18H16F3N5O4. The standard InChI is InChI=1S/C18H16F3N5O4/c1-9(12-6-7-23-8-13(12)24-16(22)28)14-15(27)26(17(29)25-14)10-2-4-11(5-3-10)30-18(19,20)21/h2-9,14H,1H3,(H,25,29)(H3,22,24,28). The van der Waals surface area contributed by atoms with Crippen molar-refractivity contribution in [2.45, 2.75) is 25.2 Å². The van der Waals surface area contributed by atoms with E-state index in [9.17, 15) is 27.6 Å². The number of amides is 5. The summed E-state index contributed by atoms with van der Waals surface area (Å²) in [5, 5.41) is 4.95. The number of hydrogen-bond acceptors (Lipinski definition) is 5. The molecule has 12 heteroatoms. The second-order valence-electron chi connectivity index (χ2n) is 6.38. The van der Waals surface area contributed by atoms with E-state index in [1.165, 1.54) is 12.4 Å².